The number of rotatable bonds is 4. The van der Waals surface area contributed by atoms with Gasteiger partial charge in [0.15, 0.2) is 11.6 Å². The topological polar surface area (TPSA) is 67.5 Å². The number of benzene rings is 1. The van der Waals surface area contributed by atoms with Crippen molar-refractivity contribution in [3.05, 3.63) is 17.9 Å². The first-order valence-corrected chi connectivity index (χ1v) is 4.16. The van der Waals surface area contributed by atoms with Gasteiger partial charge in [0.05, 0.1) is 25.1 Å². The maximum atomic E-state index is 13.1. The third-order valence-electron chi connectivity index (χ3n) is 1.75. The predicted octanol–water partition coefficient (Wildman–Crippen LogP) is 0.821. The number of nitrogen functional groups attached to an aromatic ring is 1. The average molecular weight is 200 g/mol. The van der Waals surface area contributed by atoms with E-state index in [4.69, 9.17) is 15.6 Å². The fourth-order valence-electron chi connectivity index (χ4n) is 1.07. The van der Waals surface area contributed by atoms with Crippen molar-refractivity contribution in [3.8, 4) is 5.75 Å². The first kappa shape index (κ1) is 10.6. The van der Waals surface area contributed by atoms with Gasteiger partial charge >= 0.3 is 0 Å². The van der Waals surface area contributed by atoms with E-state index in [1.54, 1.807) is 0 Å². The summed E-state index contributed by atoms with van der Waals surface area (Å²) in [5, 5.41) is 11.4. The summed E-state index contributed by atoms with van der Waals surface area (Å²) in [5.74, 6) is -0.376. The fourth-order valence-corrected chi connectivity index (χ4v) is 1.07. The Labute approximate surface area is 81.5 Å². The molecule has 5 heteroatoms. The number of halogens is 1. The molecule has 14 heavy (non-hydrogen) atoms. The van der Waals surface area contributed by atoms with Crippen LogP contribution in [-0.2, 0) is 0 Å². The van der Waals surface area contributed by atoms with Crippen LogP contribution in [0.3, 0.4) is 0 Å². The zero-order chi connectivity index (χ0) is 10.6. The summed E-state index contributed by atoms with van der Waals surface area (Å²) in [6, 6.07) is 2.64. The molecule has 0 aliphatic carbocycles. The number of aliphatic hydroxyl groups is 1. The SMILES string of the molecule is COc1cc(NCCO)c(N)cc1F. The first-order chi connectivity index (χ1) is 6.69. The molecule has 0 unspecified atom stereocenters. The van der Waals surface area contributed by atoms with Crippen molar-refractivity contribution in [2.45, 2.75) is 0 Å². The molecule has 0 fully saturated rings. The molecule has 1 aromatic carbocycles. The highest BCUT2D eigenvalue weighted by molar-refractivity contribution is 5.68. The molecule has 0 aliphatic rings. The van der Waals surface area contributed by atoms with E-state index in [9.17, 15) is 4.39 Å². The molecule has 0 saturated carbocycles. The van der Waals surface area contributed by atoms with Crippen LogP contribution in [0.4, 0.5) is 15.8 Å². The van der Waals surface area contributed by atoms with Crippen LogP contribution in [0.15, 0.2) is 12.1 Å². The number of hydrogen-bond acceptors (Lipinski definition) is 4. The minimum absolute atomic E-state index is 0.0148. The second kappa shape index (κ2) is 4.66. The summed E-state index contributed by atoms with van der Waals surface area (Å²) in [6.45, 7) is 0.345. The van der Waals surface area contributed by atoms with Gasteiger partial charge < -0.3 is 20.9 Å². The molecule has 4 N–H and O–H groups in total. The molecule has 0 heterocycles. The van der Waals surface area contributed by atoms with E-state index in [2.05, 4.69) is 5.32 Å². The van der Waals surface area contributed by atoms with Crippen LogP contribution in [0.5, 0.6) is 5.75 Å². The lowest BCUT2D eigenvalue weighted by atomic mass is 10.2. The second-order valence-electron chi connectivity index (χ2n) is 2.72. The van der Waals surface area contributed by atoms with Crippen molar-refractivity contribution in [1.82, 2.24) is 0 Å². The van der Waals surface area contributed by atoms with Crippen LogP contribution in [-0.4, -0.2) is 25.4 Å². The first-order valence-electron chi connectivity index (χ1n) is 4.16. The van der Waals surface area contributed by atoms with Gasteiger partial charge in [0.1, 0.15) is 0 Å². The number of nitrogens with one attached hydrogen (secondary N) is 1. The molecular formula is C9H13FN2O2. The second-order valence-corrected chi connectivity index (χ2v) is 2.72. The van der Waals surface area contributed by atoms with Crippen LogP contribution < -0.4 is 15.8 Å². The lowest BCUT2D eigenvalue weighted by Crippen LogP contribution is -2.08. The fraction of sp³-hybridized carbons (Fsp3) is 0.333. The van der Waals surface area contributed by atoms with Gasteiger partial charge in [-0.15, -0.1) is 0 Å². The summed E-state index contributed by atoms with van der Waals surface area (Å²) in [5.41, 5.74) is 6.39. The number of hydrogen-bond donors (Lipinski definition) is 3. The molecule has 1 rings (SSSR count). The third kappa shape index (κ3) is 2.26. The standard InChI is InChI=1S/C9H13FN2O2/c1-14-9-5-8(12-2-3-13)7(11)4-6(9)10/h4-5,12-13H,2-3,11H2,1H3. The summed E-state index contributed by atoms with van der Waals surface area (Å²) < 4.78 is 17.9. The summed E-state index contributed by atoms with van der Waals surface area (Å²) in [6.07, 6.45) is 0. The normalized spacial score (nSPS) is 9.93. The van der Waals surface area contributed by atoms with Crippen LogP contribution in [0.25, 0.3) is 0 Å². The number of aliphatic hydroxyl groups excluding tert-OH is 1. The molecule has 0 amide bonds. The Hall–Kier alpha value is -1.49. The van der Waals surface area contributed by atoms with Crippen LogP contribution >= 0.6 is 0 Å². The van der Waals surface area contributed by atoms with E-state index in [0.29, 0.717) is 12.2 Å². The Morgan fingerprint density at radius 2 is 2.29 bits per heavy atom. The molecular weight excluding hydrogens is 187 g/mol. The van der Waals surface area contributed by atoms with Crippen LogP contribution in [0.1, 0.15) is 0 Å². The van der Waals surface area contributed by atoms with E-state index in [1.807, 2.05) is 0 Å². The molecule has 78 valence electrons. The van der Waals surface area contributed by atoms with Crippen molar-refractivity contribution in [2.24, 2.45) is 0 Å². The highest BCUT2D eigenvalue weighted by Gasteiger charge is 2.07. The van der Waals surface area contributed by atoms with Gasteiger partial charge in [-0.25, -0.2) is 4.39 Å². The van der Waals surface area contributed by atoms with Crippen molar-refractivity contribution in [2.75, 3.05) is 31.3 Å². The molecule has 0 bridgehead atoms. The minimum atomic E-state index is -0.500. The third-order valence-corrected chi connectivity index (χ3v) is 1.75. The molecule has 1 aromatic rings. The van der Waals surface area contributed by atoms with Crippen molar-refractivity contribution in [1.29, 1.82) is 0 Å². The number of anilines is 2. The van der Waals surface area contributed by atoms with Gasteiger partial charge in [-0.3, -0.25) is 0 Å². The molecule has 0 radical (unpaired) electrons. The van der Waals surface area contributed by atoms with Gasteiger partial charge in [-0.05, 0) is 0 Å². The summed E-state index contributed by atoms with van der Waals surface area (Å²) in [7, 11) is 1.38. The smallest absolute Gasteiger partial charge is 0.167 e. The van der Waals surface area contributed by atoms with Crippen LogP contribution in [0.2, 0.25) is 0 Å². The van der Waals surface area contributed by atoms with Gasteiger partial charge in [0, 0.05) is 18.7 Å². The Kier molecular flexibility index (Phi) is 3.53. The van der Waals surface area contributed by atoms with Crippen molar-refractivity contribution < 1.29 is 14.2 Å². The van der Waals surface area contributed by atoms with E-state index in [1.165, 1.54) is 19.2 Å². The van der Waals surface area contributed by atoms with E-state index >= 15 is 0 Å². The number of methoxy groups -OCH3 is 1. The van der Waals surface area contributed by atoms with Gasteiger partial charge in [0.2, 0.25) is 0 Å². The minimum Gasteiger partial charge on any atom is -0.494 e. The monoisotopic (exact) mass is 200 g/mol. The molecule has 0 aromatic heterocycles. The summed E-state index contributed by atoms with van der Waals surface area (Å²) in [4.78, 5) is 0. The maximum Gasteiger partial charge on any atom is 0.167 e. The molecule has 0 atom stereocenters. The number of ether oxygens (including phenoxy) is 1. The molecule has 4 nitrogen and oxygen atoms in total. The maximum absolute atomic E-state index is 13.1. The Morgan fingerprint density at radius 3 is 2.86 bits per heavy atom. The number of nitrogens with two attached hydrogens (primary N) is 1. The van der Waals surface area contributed by atoms with E-state index in [0.717, 1.165) is 0 Å². The van der Waals surface area contributed by atoms with E-state index in [-0.39, 0.29) is 18.0 Å². The zero-order valence-corrected chi connectivity index (χ0v) is 7.88. The highest BCUT2D eigenvalue weighted by atomic mass is 19.1. The summed E-state index contributed by atoms with van der Waals surface area (Å²) >= 11 is 0. The lowest BCUT2D eigenvalue weighted by molar-refractivity contribution is 0.311. The molecule has 0 saturated heterocycles. The van der Waals surface area contributed by atoms with Crippen molar-refractivity contribution in [3.63, 3.8) is 0 Å². The van der Waals surface area contributed by atoms with Gasteiger partial charge in [0.25, 0.3) is 0 Å². The van der Waals surface area contributed by atoms with Crippen molar-refractivity contribution >= 4 is 11.4 Å². The average Bonchev–Trinajstić information content (AvgIpc) is 2.17. The molecule has 0 spiro atoms. The Morgan fingerprint density at radius 1 is 1.57 bits per heavy atom. The van der Waals surface area contributed by atoms with Gasteiger partial charge in [-0.2, -0.15) is 0 Å². The lowest BCUT2D eigenvalue weighted by Gasteiger charge is -2.10. The quantitative estimate of drug-likeness (QED) is 0.629. The Bertz CT molecular complexity index is 318. The highest BCUT2D eigenvalue weighted by Crippen LogP contribution is 2.27. The largest absolute Gasteiger partial charge is 0.494 e. The van der Waals surface area contributed by atoms with Gasteiger partial charge in [-0.1, -0.05) is 0 Å². The Balaban J connectivity index is 2.92. The van der Waals surface area contributed by atoms with E-state index < -0.39 is 5.82 Å². The van der Waals surface area contributed by atoms with Crippen LogP contribution in [0, 0.1) is 5.82 Å². The zero-order valence-electron chi connectivity index (χ0n) is 7.88. The predicted molar refractivity (Wildman–Crippen MR) is 52.9 cm³/mol. The molecule has 0 aliphatic heterocycles.